The summed E-state index contributed by atoms with van der Waals surface area (Å²) in [5.74, 6) is -1.82. The standard InChI is InChI=1S/C9H7ClFNO4/c1-16-8(13)9(10,12(14)15)6-2-4-7(11)5-3-6/h2-5H,1H3. The lowest BCUT2D eigenvalue weighted by Crippen LogP contribution is -2.39. The SMILES string of the molecule is COC(=O)C(Cl)(c1ccc(F)cc1)[N+](=O)[O-]. The van der Waals surface area contributed by atoms with Gasteiger partial charge in [-0.1, -0.05) is 0 Å². The lowest BCUT2D eigenvalue weighted by Gasteiger charge is -2.15. The minimum absolute atomic E-state index is 0.160. The molecule has 5 nitrogen and oxygen atoms in total. The highest BCUT2D eigenvalue weighted by atomic mass is 35.5. The number of hydrogen-bond acceptors (Lipinski definition) is 4. The van der Waals surface area contributed by atoms with Crippen molar-refractivity contribution in [3.8, 4) is 0 Å². The van der Waals surface area contributed by atoms with Gasteiger partial charge in [-0.2, -0.15) is 0 Å². The topological polar surface area (TPSA) is 69.4 Å². The summed E-state index contributed by atoms with van der Waals surface area (Å²) in [6.07, 6.45) is 0. The quantitative estimate of drug-likeness (QED) is 0.268. The summed E-state index contributed by atoms with van der Waals surface area (Å²) in [4.78, 5) is 18.5. The zero-order valence-corrected chi connectivity index (χ0v) is 8.90. The summed E-state index contributed by atoms with van der Waals surface area (Å²) >= 11 is 5.61. The first kappa shape index (κ1) is 12.4. The van der Waals surface area contributed by atoms with Gasteiger partial charge in [-0.15, -0.1) is 0 Å². The zero-order chi connectivity index (χ0) is 12.3. The Hall–Kier alpha value is -1.69. The third-order valence-corrected chi connectivity index (χ3v) is 2.44. The van der Waals surface area contributed by atoms with Crippen LogP contribution in [0.1, 0.15) is 5.56 Å². The van der Waals surface area contributed by atoms with Gasteiger partial charge in [0.2, 0.25) is 0 Å². The monoisotopic (exact) mass is 247 g/mol. The highest BCUT2D eigenvalue weighted by Gasteiger charge is 2.52. The van der Waals surface area contributed by atoms with Crippen molar-refractivity contribution in [2.24, 2.45) is 0 Å². The summed E-state index contributed by atoms with van der Waals surface area (Å²) in [7, 11) is 0.979. The Morgan fingerprint density at radius 2 is 2.00 bits per heavy atom. The van der Waals surface area contributed by atoms with E-state index in [1.54, 1.807) is 0 Å². The molecule has 0 aromatic heterocycles. The fraction of sp³-hybridized carbons (Fsp3) is 0.222. The second-order valence-electron chi connectivity index (χ2n) is 2.88. The molecule has 0 aliphatic heterocycles. The number of esters is 1. The van der Waals surface area contributed by atoms with Crippen LogP contribution in [0.5, 0.6) is 0 Å². The van der Waals surface area contributed by atoms with E-state index in [4.69, 9.17) is 11.6 Å². The molecule has 1 aromatic rings. The molecule has 7 heteroatoms. The van der Waals surface area contributed by atoms with Crippen LogP contribution in [0.3, 0.4) is 0 Å². The minimum atomic E-state index is -2.54. The summed E-state index contributed by atoms with van der Waals surface area (Å²) in [6, 6.07) is 4.06. The molecule has 0 N–H and O–H groups in total. The molecule has 16 heavy (non-hydrogen) atoms. The Balaban J connectivity index is 3.27. The molecule has 1 rings (SSSR count). The van der Waals surface area contributed by atoms with Crippen LogP contribution in [0, 0.1) is 15.9 Å². The van der Waals surface area contributed by atoms with E-state index in [1.165, 1.54) is 0 Å². The molecule has 0 radical (unpaired) electrons. The van der Waals surface area contributed by atoms with Crippen LogP contribution in [0.15, 0.2) is 24.3 Å². The number of hydrogen-bond donors (Lipinski definition) is 0. The average molecular weight is 248 g/mol. The highest BCUT2D eigenvalue weighted by Crippen LogP contribution is 2.31. The molecule has 0 amide bonds. The minimum Gasteiger partial charge on any atom is -0.462 e. The maximum Gasteiger partial charge on any atom is 0.415 e. The number of nitrogens with zero attached hydrogens (tertiary/aromatic N) is 1. The molecule has 1 unspecified atom stereocenters. The first-order valence-corrected chi connectivity index (χ1v) is 4.48. The molecular formula is C9H7ClFNO4. The van der Waals surface area contributed by atoms with Crippen molar-refractivity contribution in [3.05, 3.63) is 45.8 Å². The Morgan fingerprint density at radius 3 is 2.38 bits per heavy atom. The van der Waals surface area contributed by atoms with E-state index < -0.39 is 21.7 Å². The molecule has 0 aliphatic rings. The van der Waals surface area contributed by atoms with Crippen molar-refractivity contribution < 1.29 is 18.8 Å². The van der Waals surface area contributed by atoms with Gasteiger partial charge in [-0.25, -0.2) is 9.18 Å². The number of benzene rings is 1. The number of methoxy groups -OCH3 is 1. The summed E-state index contributed by atoms with van der Waals surface area (Å²) in [5.41, 5.74) is -0.160. The molecule has 1 atom stereocenters. The number of ether oxygens (including phenoxy) is 1. The van der Waals surface area contributed by atoms with E-state index >= 15 is 0 Å². The first-order chi connectivity index (χ1) is 7.42. The van der Waals surface area contributed by atoms with Gasteiger partial charge in [0.15, 0.2) is 0 Å². The molecule has 86 valence electrons. The fourth-order valence-electron chi connectivity index (χ4n) is 1.10. The van der Waals surface area contributed by atoms with E-state index in [0.717, 1.165) is 31.4 Å². The fourth-order valence-corrected chi connectivity index (χ4v) is 1.31. The summed E-state index contributed by atoms with van der Waals surface area (Å²) in [5, 5.41) is 10.8. The first-order valence-electron chi connectivity index (χ1n) is 4.10. The van der Waals surface area contributed by atoms with Crippen molar-refractivity contribution in [1.29, 1.82) is 0 Å². The summed E-state index contributed by atoms with van der Waals surface area (Å²) in [6.45, 7) is 0. The van der Waals surface area contributed by atoms with E-state index in [1.807, 2.05) is 0 Å². The maximum absolute atomic E-state index is 12.6. The van der Waals surface area contributed by atoms with Gasteiger partial charge in [-0.3, -0.25) is 10.1 Å². The highest BCUT2D eigenvalue weighted by molar-refractivity contribution is 6.32. The molecule has 0 heterocycles. The van der Waals surface area contributed by atoms with Gasteiger partial charge in [0.05, 0.1) is 17.6 Å². The van der Waals surface area contributed by atoms with Crippen LogP contribution in [0.25, 0.3) is 0 Å². The van der Waals surface area contributed by atoms with Crippen molar-refractivity contribution in [3.63, 3.8) is 0 Å². The number of nitro groups is 1. The van der Waals surface area contributed by atoms with Gasteiger partial charge >= 0.3 is 11.0 Å². The van der Waals surface area contributed by atoms with Gasteiger partial charge in [0.25, 0.3) is 0 Å². The van der Waals surface area contributed by atoms with Crippen LogP contribution < -0.4 is 0 Å². The lowest BCUT2D eigenvalue weighted by molar-refractivity contribution is -0.536. The predicted molar refractivity (Wildman–Crippen MR) is 52.9 cm³/mol. The third-order valence-electron chi connectivity index (χ3n) is 1.93. The van der Waals surface area contributed by atoms with Crippen molar-refractivity contribution >= 4 is 17.6 Å². The maximum atomic E-state index is 12.6. The van der Waals surface area contributed by atoms with E-state index in [0.29, 0.717) is 0 Å². The van der Waals surface area contributed by atoms with Gasteiger partial charge in [-0.05, 0) is 35.9 Å². The second-order valence-corrected chi connectivity index (χ2v) is 3.42. The summed E-state index contributed by atoms with van der Waals surface area (Å²) < 4.78 is 16.9. The lowest BCUT2D eigenvalue weighted by atomic mass is 10.1. The average Bonchev–Trinajstić information content (AvgIpc) is 2.27. The number of halogens is 2. The van der Waals surface area contributed by atoms with Crippen LogP contribution in [-0.2, 0) is 14.5 Å². The van der Waals surface area contributed by atoms with E-state index in [9.17, 15) is 19.3 Å². The van der Waals surface area contributed by atoms with Gasteiger partial charge < -0.3 is 4.74 Å². The van der Waals surface area contributed by atoms with Crippen LogP contribution in [0.4, 0.5) is 4.39 Å². The van der Waals surface area contributed by atoms with Crippen molar-refractivity contribution in [1.82, 2.24) is 0 Å². The molecular weight excluding hydrogens is 241 g/mol. The third kappa shape index (κ3) is 1.96. The number of carbonyl (C=O) groups is 1. The van der Waals surface area contributed by atoms with E-state index in [2.05, 4.69) is 4.74 Å². The molecule has 0 spiro atoms. The molecule has 0 aliphatic carbocycles. The number of carbonyl (C=O) groups excluding carboxylic acids is 1. The molecule has 0 saturated carbocycles. The smallest absolute Gasteiger partial charge is 0.415 e. The number of alkyl halides is 1. The number of rotatable bonds is 3. The largest absolute Gasteiger partial charge is 0.462 e. The van der Waals surface area contributed by atoms with Crippen molar-refractivity contribution in [2.75, 3.05) is 7.11 Å². The van der Waals surface area contributed by atoms with Gasteiger partial charge in [0, 0.05) is 0 Å². The van der Waals surface area contributed by atoms with Crippen LogP contribution in [-0.4, -0.2) is 18.0 Å². The van der Waals surface area contributed by atoms with E-state index in [-0.39, 0.29) is 5.56 Å². The van der Waals surface area contributed by atoms with Crippen LogP contribution >= 0.6 is 11.6 Å². The molecule has 0 bridgehead atoms. The Morgan fingerprint density at radius 1 is 1.50 bits per heavy atom. The Bertz CT molecular complexity index is 422. The van der Waals surface area contributed by atoms with Crippen molar-refractivity contribution in [2.45, 2.75) is 5.00 Å². The molecule has 0 fully saturated rings. The van der Waals surface area contributed by atoms with Crippen LogP contribution in [0.2, 0.25) is 0 Å². The normalized spacial score (nSPS) is 13.9. The second kappa shape index (κ2) is 4.44. The molecule has 1 aromatic carbocycles. The molecule has 0 saturated heterocycles. The predicted octanol–water partition coefficient (Wildman–Crippen LogP) is 1.67. The Kier molecular flexibility index (Phi) is 3.44. The zero-order valence-electron chi connectivity index (χ0n) is 8.15. The van der Waals surface area contributed by atoms with Gasteiger partial charge in [0.1, 0.15) is 5.82 Å². The Labute approximate surface area is 94.9 Å².